The van der Waals surface area contributed by atoms with Gasteiger partial charge in [0, 0.05) is 24.1 Å². The molecule has 0 radical (unpaired) electrons. The highest BCUT2D eigenvalue weighted by Gasteiger charge is 2.28. The summed E-state index contributed by atoms with van der Waals surface area (Å²) in [7, 11) is 0. The molecule has 110 valence electrons. The van der Waals surface area contributed by atoms with E-state index in [0.29, 0.717) is 24.4 Å². The standard InChI is InChI=1S/C17H14N2O2S/c20-12-7-5-11(9-12)16(21)19-17-18-14-8-6-10-3-1-2-4-13(10)15(14)22-17/h1-4,6,8,11H,5,7,9H2,(H,18,19,21)/t11-/m1/s1. The maximum atomic E-state index is 12.2. The second kappa shape index (κ2) is 5.18. The number of anilines is 1. The highest BCUT2D eigenvalue weighted by Crippen LogP contribution is 2.33. The molecule has 5 heteroatoms. The number of ketones is 1. The molecule has 1 aliphatic carbocycles. The Bertz CT molecular complexity index is 900. The number of rotatable bonds is 2. The molecular weight excluding hydrogens is 296 g/mol. The van der Waals surface area contributed by atoms with E-state index in [9.17, 15) is 9.59 Å². The average Bonchev–Trinajstić information content (AvgIpc) is 3.13. The first-order valence-electron chi connectivity index (χ1n) is 7.31. The molecule has 1 atom stereocenters. The van der Waals surface area contributed by atoms with Crippen LogP contribution in [0, 0.1) is 5.92 Å². The maximum absolute atomic E-state index is 12.2. The Morgan fingerprint density at radius 1 is 1.23 bits per heavy atom. The van der Waals surface area contributed by atoms with Crippen LogP contribution in [0.4, 0.5) is 5.13 Å². The lowest BCUT2D eigenvalue weighted by atomic mass is 10.1. The van der Waals surface area contributed by atoms with E-state index < -0.39 is 0 Å². The Balaban J connectivity index is 1.66. The topological polar surface area (TPSA) is 59.1 Å². The van der Waals surface area contributed by atoms with Gasteiger partial charge in [-0.2, -0.15) is 0 Å². The number of hydrogen-bond acceptors (Lipinski definition) is 4. The number of nitrogens with one attached hydrogen (secondary N) is 1. The molecule has 1 aliphatic rings. The Labute approximate surface area is 131 Å². The largest absolute Gasteiger partial charge is 0.302 e. The lowest BCUT2D eigenvalue weighted by Gasteiger charge is -2.06. The molecule has 0 unspecified atom stereocenters. The van der Waals surface area contributed by atoms with Gasteiger partial charge in [0.1, 0.15) is 5.78 Å². The highest BCUT2D eigenvalue weighted by molar-refractivity contribution is 7.23. The van der Waals surface area contributed by atoms with E-state index >= 15 is 0 Å². The monoisotopic (exact) mass is 310 g/mol. The predicted molar refractivity (Wildman–Crippen MR) is 88.1 cm³/mol. The Morgan fingerprint density at radius 3 is 2.91 bits per heavy atom. The molecule has 1 saturated carbocycles. The van der Waals surface area contributed by atoms with Gasteiger partial charge in [0.2, 0.25) is 5.91 Å². The molecule has 0 spiro atoms. The lowest BCUT2D eigenvalue weighted by Crippen LogP contribution is -2.20. The van der Waals surface area contributed by atoms with Gasteiger partial charge in [-0.3, -0.25) is 9.59 Å². The molecule has 1 fully saturated rings. The molecule has 4 nitrogen and oxygen atoms in total. The number of thiazole rings is 1. The van der Waals surface area contributed by atoms with Crippen molar-refractivity contribution in [3.8, 4) is 0 Å². The zero-order valence-electron chi connectivity index (χ0n) is 11.8. The van der Waals surface area contributed by atoms with Crippen molar-refractivity contribution in [3.05, 3.63) is 36.4 Å². The summed E-state index contributed by atoms with van der Waals surface area (Å²) in [6, 6.07) is 12.2. The minimum Gasteiger partial charge on any atom is -0.302 e. The fraction of sp³-hybridized carbons (Fsp3) is 0.235. The summed E-state index contributed by atoms with van der Waals surface area (Å²) >= 11 is 1.49. The Hall–Kier alpha value is -2.27. The van der Waals surface area contributed by atoms with Gasteiger partial charge in [0.15, 0.2) is 5.13 Å². The molecule has 0 bridgehead atoms. The van der Waals surface area contributed by atoms with Crippen LogP contribution in [0.25, 0.3) is 21.0 Å². The number of hydrogen-bond donors (Lipinski definition) is 1. The van der Waals surface area contributed by atoms with Gasteiger partial charge in [0.25, 0.3) is 0 Å². The van der Waals surface area contributed by atoms with Gasteiger partial charge in [-0.05, 0) is 17.9 Å². The van der Waals surface area contributed by atoms with E-state index in [2.05, 4.69) is 22.4 Å². The smallest absolute Gasteiger partial charge is 0.229 e. The molecule has 2 aromatic carbocycles. The third-order valence-corrected chi connectivity index (χ3v) is 5.15. The third-order valence-electron chi connectivity index (χ3n) is 4.13. The van der Waals surface area contributed by atoms with E-state index in [1.807, 2.05) is 24.3 Å². The summed E-state index contributed by atoms with van der Waals surface area (Å²) in [5, 5.41) is 5.79. The first kappa shape index (κ1) is 13.4. The van der Waals surface area contributed by atoms with E-state index in [1.54, 1.807) is 0 Å². The number of Topliss-reactive ketones (excluding diaryl/α,β-unsaturated/α-hetero) is 1. The number of fused-ring (bicyclic) bond motifs is 3. The van der Waals surface area contributed by atoms with Crippen molar-refractivity contribution in [1.82, 2.24) is 4.98 Å². The fourth-order valence-electron chi connectivity index (χ4n) is 2.95. The van der Waals surface area contributed by atoms with Gasteiger partial charge in [-0.1, -0.05) is 41.7 Å². The summed E-state index contributed by atoms with van der Waals surface area (Å²) in [6.07, 6.45) is 1.53. The summed E-state index contributed by atoms with van der Waals surface area (Å²) in [5.74, 6) is -0.110. The number of carbonyl (C=O) groups is 2. The normalized spacial score (nSPS) is 18.2. The lowest BCUT2D eigenvalue weighted by molar-refractivity contribution is -0.122. The zero-order valence-corrected chi connectivity index (χ0v) is 12.7. The van der Waals surface area contributed by atoms with Gasteiger partial charge < -0.3 is 5.32 Å². The minimum absolute atomic E-state index is 0.0887. The SMILES string of the molecule is O=C1CC[C@@H](C(=O)Nc2nc3ccc4ccccc4c3s2)C1. The molecule has 4 rings (SSSR count). The first-order valence-corrected chi connectivity index (χ1v) is 8.13. The Morgan fingerprint density at radius 2 is 2.09 bits per heavy atom. The van der Waals surface area contributed by atoms with Gasteiger partial charge in [0.05, 0.1) is 10.2 Å². The van der Waals surface area contributed by atoms with Gasteiger partial charge in [-0.25, -0.2) is 4.98 Å². The first-order chi connectivity index (χ1) is 10.7. The van der Waals surface area contributed by atoms with Crippen molar-refractivity contribution in [2.24, 2.45) is 5.92 Å². The van der Waals surface area contributed by atoms with Crippen molar-refractivity contribution in [2.45, 2.75) is 19.3 Å². The number of benzene rings is 2. The van der Waals surface area contributed by atoms with Crippen LogP contribution < -0.4 is 5.32 Å². The van der Waals surface area contributed by atoms with Crippen LogP contribution in [0.2, 0.25) is 0 Å². The van der Waals surface area contributed by atoms with Crippen molar-refractivity contribution in [3.63, 3.8) is 0 Å². The Kier molecular flexibility index (Phi) is 3.15. The molecule has 1 aromatic heterocycles. The molecule has 3 aromatic rings. The second-order valence-electron chi connectivity index (χ2n) is 5.62. The van der Waals surface area contributed by atoms with E-state index in [-0.39, 0.29) is 17.6 Å². The molecule has 0 saturated heterocycles. The van der Waals surface area contributed by atoms with E-state index in [4.69, 9.17) is 0 Å². The summed E-state index contributed by atoms with van der Waals surface area (Å²) in [4.78, 5) is 28.0. The molecule has 0 aliphatic heterocycles. The number of amides is 1. The minimum atomic E-state index is -0.198. The van der Waals surface area contributed by atoms with Crippen LogP contribution in [0.5, 0.6) is 0 Å². The van der Waals surface area contributed by atoms with Crippen LogP contribution in [0.1, 0.15) is 19.3 Å². The molecule has 1 heterocycles. The van der Waals surface area contributed by atoms with Crippen LogP contribution in [-0.4, -0.2) is 16.7 Å². The van der Waals surface area contributed by atoms with Crippen LogP contribution in [0.15, 0.2) is 36.4 Å². The molecule has 22 heavy (non-hydrogen) atoms. The van der Waals surface area contributed by atoms with Crippen molar-refractivity contribution in [2.75, 3.05) is 5.32 Å². The maximum Gasteiger partial charge on any atom is 0.229 e. The van der Waals surface area contributed by atoms with Gasteiger partial charge >= 0.3 is 0 Å². The number of aromatic nitrogens is 1. The predicted octanol–water partition coefficient (Wildman–Crippen LogP) is 3.76. The van der Waals surface area contributed by atoms with Crippen LogP contribution >= 0.6 is 11.3 Å². The number of nitrogens with zero attached hydrogens (tertiary/aromatic N) is 1. The van der Waals surface area contributed by atoms with Crippen LogP contribution in [0.3, 0.4) is 0 Å². The quantitative estimate of drug-likeness (QED) is 0.784. The van der Waals surface area contributed by atoms with Crippen LogP contribution in [-0.2, 0) is 9.59 Å². The summed E-state index contributed by atoms with van der Waals surface area (Å²) in [5.41, 5.74) is 0.890. The van der Waals surface area contributed by atoms with Crippen molar-refractivity contribution in [1.29, 1.82) is 0 Å². The highest BCUT2D eigenvalue weighted by atomic mass is 32.1. The zero-order chi connectivity index (χ0) is 15.1. The second-order valence-corrected chi connectivity index (χ2v) is 6.62. The summed E-state index contributed by atoms with van der Waals surface area (Å²) < 4.78 is 1.08. The third kappa shape index (κ3) is 2.27. The molecule has 1 amide bonds. The van der Waals surface area contributed by atoms with Crippen molar-refractivity contribution < 1.29 is 9.59 Å². The number of carbonyl (C=O) groups excluding carboxylic acids is 2. The molecule has 1 N–H and O–H groups in total. The summed E-state index contributed by atoms with van der Waals surface area (Å²) in [6.45, 7) is 0. The van der Waals surface area contributed by atoms with E-state index in [1.165, 1.54) is 11.3 Å². The fourth-order valence-corrected chi connectivity index (χ4v) is 3.96. The van der Waals surface area contributed by atoms with E-state index in [0.717, 1.165) is 21.0 Å². The van der Waals surface area contributed by atoms with Crippen molar-refractivity contribution >= 4 is 49.1 Å². The average molecular weight is 310 g/mol. The molecular formula is C17H14N2O2S. The van der Waals surface area contributed by atoms with Gasteiger partial charge in [-0.15, -0.1) is 0 Å².